The summed E-state index contributed by atoms with van der Waals surface area (Å²) in [6, 6.07) is 4.36. The highest BCUT2D eigenvalue weighted by Crippen LogP contribution is 2.25. The largest absolute Gasteiger partial charge is 0.379 e. The molecule has 116 valence electrons. The maximum atomic E-state index is 12.0. The fraction of sp³-hybridized carbons (Fsp3) is 0.500. The first kappa shape index (κ1) is 16.9. The number of anilines is 1. The van der Waals surface area contributed by atoms with Crippen molar-refractivity contribution in [3.05, 3.63) is 33.9 Å². The highest BCUT2D eigenvalue weighted by atomic mass is 16.6. The third-order valence-electron chi connectivity index (χ3n) is 2.87. The Morgan fingerprint density at radius 1 is 1.33 bits per heavy atom. The summed E-state index contributed by atoms with van der Waals surface area (Å²) in [6.45, 7) is 3.85. The fourth-order valence-electron chi connectivity index (χ4n) is 1.73. The van der Waals surface area contributed by atoms with Crippen LogP contribution in [0.25, 0.3) is 0 Å². The highest BCUT2D eigenvalue weighted by Gasteiger charge is 2.16. The van der Waals surface area contributed by atoms with Gasteiger partial charge in [-0.2, -0.15) is 0 Å². The van der Waals surface area contributed by atoms with Gasteiger partial charge in [0.1, 0.15) is 5.69 Å². The van der Waals surface area contributed by atoms with E-state index in [0.717, 1.165) is 13.0 Å². The van der Waals surface area contributed by atoms with Crippen molar-refractivity contribution in [2.24, 2.45) is 0 Å². The van der Waals surface area contributed by atoms with Crippen LogP contribution in [0.15, 0.2) is 18.2 Å². The molecule has 7 nitrogen and oxygen atoms in total. The smallest absolute Gasteiger partial charge is 0.292 e. The Morgan fingerprint density at radius 3 is 2.62 bits per heavy atom. The summed E-state index contributed by atoms with van der Waals surface area (Å²) in [5.41, 5.74) is 0.772. The lowest BCUT2D eigenvalue weighted by atomic mass is 10.1. The van der Waals surface area contributed by atoms with Gasteiger partial charge < -0.3 is 15.5 Å². The predicted molar refractivity (Wildman–Crippen MR) is 82.8 cm³/mol. The summed E-state index contributed by atoms with van der Waals surface area (Å²) in [7, 11) is 3.84. The summed E-state index contributed by atoms with van der Waals surface area (Å²) < 4.78 is 0. The number of rotatable bonds is 8. The molecular weight excluding hydrogens is 272 g/mol. The lowest BCUT2D eigenvalue weighted by Gasteiger charge is -2.11. The van der Waals surface area contributed by atoms with Crippen molar-refractivity contribution in [3.63, 3.8) is 0 Å². The van der Waals surface area contributed by atoms with E-state index in [1.807, 2.05) is 25.9 Å². The lowest BCUT2D eigenvalue weighted by molar-refractivity contribution is -0.384. The number of carbonyl (C=O) groups excluding carboxylic acids is 1. The predicted octanol–water partition coefficient (Wildman–Crippen LogP) is 1.71. The number of amides is 1. The van der Waals surface area contributed by atoms with Gasteiger partial charge in [-0.05, 0) is 32.6 Å². The minimum absolute atomic E-state index is 0.0201. The van der Waals surface area contributed by atoms with Crippen molar-refractivity contribution in [2.45, 2.75) is 13.3 Å². The van der Waals surface area contributed by atoms with Crippen LogP contribution in [0.4, 0.5) is 11.4 Å². The van der Waals surface area contributed by atoms with E-state index in [4.69, 9.17) is 0 Å². The molecule has 1 rings (SSSR count). The van der Waals surface area contributed by atoms with Crippen LogP contribution < -0.4 is 10.6 Å². The molecule has 0 spiro atoms. The molecule has 0 aromatic heterocycles. The summed E-state index contributed by atoms with van der Waals surface area (Å²) in [6.07, 6.45) is 0.844. The van der Waals surface area contributed by atoms with Crippen molar-refractivity contribution in [3.8, 4) is 0 Å². The molecule has 0 aliphatic rings. The topological polar surface area (TPSA) is 87.5 Å². The van der Waals surface area contributed by atoms with Crippen LogP contribution in [0.3, 0.4) is 0 Å². The average Bonchev–Trinajstić information content (AvgIpc) is 2.44. The van der Waals surface area contributed by atoms with Crippen molar-refractivity contribution < 1.29 is 9.72 Å². The van der Waals surface area contributed by atoms with E-state index in [2.05, 4.69) is 10.6 Å². The van der Waals surface area contributed by atoms with Gasteiger partial charge in [-0.25, -0.2) is 0 Å². The zero-order valence-electron chi connectivity index (χ0n) is 12.7. The Morgan fingerprint density at radius 2 is 2.05 bits per heavy atom. The minimum Gasteiger partial charge on any atom is -0.379 e. The summed E-state index contributed by atoms with van der Waals surface area (Å²) >= 11 is 0. The van der Waals surface area contributed by atoms with E-state index in [1.54, 1.807) is 0 Å². The SMILES string of the molecule is CCCNc1cc(C(=O)NCCN(C)C)ccc1[N+](=O)[O-]. The van der Waals surface area contributed by atoms with Gasteiger partial charge in [-0.3, -0.25) is 14.9 Å². The Hall–Kier alpha value is -2.15. The van der Waals surface area contributed by atoms with Crippen LogP contribution in [0.1, 0.15) is 23.7 Å². The zero-order chi connectivity index (χ0) is 15.8. The van der Waals surface area contributed by atoms with Crippen molar-refractivity contribution in [1.29, 1.82) is 0 Å². The standard InChI is InChI=1S/C14H22N4O3/c1-4-7-15-12-10-11(5-6-13(12)18(20)21)14(19)16-8-9-17(2)3/h5-6,10,15H,4,7-9H2,1-3H3,(H,16,19). The van der Waals surface area contributed by atoms with Gasteiger partial charge in [0, 0.05) is 31.3 Å². The van der Waals surface area contributed by atoms with Gasteiger partial charge in [0.2, 0.25) is 0 Å². The van der Waals surface area contributed by atoms with Crippen LogP contribution in [-0.2, 0) is 0 Å². The van der Waals surface area contributed by atoms with E-state index < -0.39 is 4.92 Å². The molecule has 1 amide bonds. The van der Waals surface area contributed by atoms with Crippen molar-refractivity contribution >= 4 is 17.3 Å². The van der Waals surface area contributed by atoms with Gasteiger partial charge in [0.05, 0.1) is 4.92 Å². The molecule has 1 aromatic rings. The Bertz CT molecular complexity index is 503. The molecule has 0 saturated carbocycles. The number of nitrogens with zero attached hydrogens (tertiary/aromatic N) is 2. The molecule has 1 aromatic carbocycles. The molecule has 0 heterocycles. The van der Waals surface area contributed by atoms with E-state index in [1.165, 1.54) is 18.2 Å². The molecule has 21 heavy (non-hydrogen) atoms. The number of benzene rings is 1. The highest BCUT2D eigenvalue weighted by molar-refractivity contribution is 5.95. The average molecular weight is 294 g/mol. The molecule has 0 unspecified atom stereocenters. The van der Waals surface area contributed by atoms with Crippen LogP contribution in [0, 0.1) is 10.1 Å². The molecule has 0 aliphatic heterocycles. The first-order valence-corrected chi connectivity index (χ1v) is 6.91. The van der Waals surface area contributed by atoms with E-state index in [9.17, 15) is 14.9 Å². The first-order chi connectivity index (χ1) is 9.95. The van der Waals surface area contributed by atoms with Crippen LogP contribution >= 0.6 is 0 Å². The second kappa shape index (κ2) is 8.21. The number of hydrogen-bond donors (Lipinski definition) is 2. The third kappa shape index (κ3) is 5.39. The number of nitro groups is 1. The molecular formula is C14H22N4O3. The molecule has 0 aliphatic carbocycles. The van der Waals surface area contributed by atoms with Crippen molar-refractivity contribution in [1.82, 2.24) is 10.2 Å². The molecule has 0 atom stereocenters. The van der Waals surface area contributed by atoms with Crippen LogP contribution in [-0.4, -0.2) is 49.5 Å². The Labute approximate surface area is 124 Å². The normalized spacial score (nSPS) is 10.5. The van der Waals surface area contributed by atoms with Crippen LogP contribution in [0.2, 0.25) is 0 Å². The fourth-order valence-corrected chi connectivity index (χ4v) is 1.73. The molecule has 0 radical (unpaired) electrons. The van der Waals surface area contributed by atoms with E-state index in [-0.39, 0.29) is 11.6 Å². The molecule has 2 N–H and O–H groups in total. The maximum absolute atomic E-state index is 12.0. The van der Waals surface area contributed by atoms with E-state index in [0.29, 0.717) is 24.3 Å². The number of carbonyl (C=O) groups is 1. The van der Waals surface area contributed by atoms with Crippen LogP contribution in [0.5, 0.6) is 0 Å². The quantitative estimate of drug-likeness (QED) is 0.563. The third-order valence-corrected chi connectivity index (χ3v) is 2.87. The number of nitro benzene ring substituents is 1. The van der Waals surface area contributed by atoms with E-state index >= 15 is 0 Å². The summed E-state index contributed by atoms with van der Waals surface area (Å²) in [4.78, 5) is 24.5. The summed E-state index contributed by atoms with van der Waals surface area (Å²) in [5.74, 6) is -0.230. The molecule has 7 heteroatoms. The lowest BCUT2D eigenvalue weighted by Crippen LogP contribution is -2.31. The minimum atomic E-state index is -0.453. The second-order valence-corrected chi connectivity index (χ2v) is 4.97. The van der Waals surface area contributed by atoms with Gasteiger partial charge in [0.15, 0.2) is 0 Å². The molecule has 0 fully saturated rings. The second-order valence-electron chi connectivity index (χ2n) is 4.97. The number of nitrogens with one attached hydrogen (secondary N) is 2. The molecule has 0 bridgehead atoms. The zero-order valence-corrected chi connectivity index (χ0v) is 12.7. The number of likely N-dealkylation sites (N-methyl/N-ethyl adjacent to an activating group) is 1. The Kier molecular flexibility index (Phi) is 6.61. The monoisotopic (exact) mass is 294 g/mol. The Balaban J connectivity index is 2.83. The molecule has 0 saturated heterocycles. The van der Waals surface area contributed by atoms with Gasteiger partial charge >= 0.3 is 0 Å². The van der Waals surface area contributed by atoms with Gasteiger partial charge in [-0.1, -0.05) is 6.92 Å². The summed E-state index contributed by atoms with van der Waals surface area (Å²) in [5, 5.41) is 16.7. The van der Waals surface area contributed by atoms with Crippen molar-refractivity contribution in [2.75, 3.05) is 39.0 Å². The maximum Gasteiger partial charge on any atom is 0.292 e. The van der Waals surface area contributed by atoms with Gasteiger partial charge in [-0.15, -0.1) is 0 Å². The number of hydrogen-bond acceptors (Lipinski definition) is 5. The first-order valence-electron chi connectivity index (χ1n) is 6.91. The van der Waals surface area contributed by atoms with Gasteiger partial charge in [0.25, 0.3) is 11.6 Å².